The third-order valence-corrected chi connectivity index (χ3v) is 3.96. The van der Waals surface area contributed by atoms with E-state index in [-0.39, 0.29) is 11.4 Å². The standard InChI is InChI=1S/C15H19N3O2/c1-15(4-6-20-7-5-15)18-14(19)12-9-17-13-8-10(16)2-3-11(12)13/h2-3,8-9,17H,4-7,16H2,1H3,(H,18,19). The van der Waals surface area contributed by atoms with E-state index in [2.05, 4.69) is 17.2 Å². The Morgan fingerprint density at radius 3 is 2.90 bits per heavy atom. The van der Waals surface area contributed by atoms with Crippen LogP contribution in [0.4, 0.5) is 5.69 Å². The number of hydrogen-bond donors (Lipinski definition) is 3. The Kier molecular flexibility index (Phi) is 3.14. The molecule has 0 atom stereocenters. The van der Waals surface area contributed by atoms with Crippen LogP contribution in [0.3, 0.4) is 0 Å². The van der Waals surface area contributed by atoms with Gasteiger partial charge in [0.05, 0.1) is 5.56 Å². The highest BCUT2D eigenvalue weighted by Gasteiger charge is 2.29. The van der Waals surface area contributed by atoms with E-state index >= 15 is 0 Å². The van der Waals surface area contributed by atoms with Crippen LogP contribution >= 0.6 is 0 Å². The molecule has 0 saturated carbocycles. The molecule has 2 heterocycles. The number of rotatable bonds is 2. The van der Waals surface area contributed by atoms with E-state index in [9.17, 15) is 4.79 Å². The Balaban J connectivity index is 1.85. The van der Waals surface area contributed by atoms with E-state index in [1.165, 1.54) is 0 Å². The number of nitrogen functional groups attached to an aromatic ring is 1. The summed E-state index contributed by atoms with van der Waals surface area (Å²) < 4.78 is 5.35. The van der Waals surface area contributed by atoms with Crippen molar-refractivity contribution >= 4 is 22.5 Å². The zero-order valence-corrected chi connectivity index (χ0v) is 11.5. The molecule has 0 aliphatic carbocycles. The van der Waals surface area contributed by atoms with E-state index in [0.29, 0.717) is 24.5 Å². The molecule has 0 radical (unpaired) electrons. The predicted octanol–water partition coefficient (Wildman–Crippen LogP) is 2.05. The second-order valence-corrected chi connectivity index (χ2v) is 5.63. The van der Waals surface area contributed by atoms with Gasteiger partial charge in [0.2, 0.25) is 0 Å². The van der Waals surface area contributed by atoms with E-state index in [4.69, 9.17) is 10.5 Å². The third kappa shape index (κ3) is 2.36. The SMILES string of the molecule is CC1(NC(=O)c2c[nH]c3cc(N)ccc23)CCOCC1. The van der Waals surface area contributed by atoms with Gasteiger partial charge in [-0.15, -0.1) is 0 Å². The predicted molar refractivity (Wildman–Crippen MR) is 78.6 cm³/mol. The average molecular weight is 273 g/mol. The quantitative estimate of drug-likeness (QED) is 0.733. The maximum atomic E-state index is 12.5. The molecule has 0 unspecified atom stereocenters. The molecule has 1 amide bonds. The monoisotopic (exact) mass is 273 g/mol. The first-order chi connectivity index (χ1) is 9.57. The molecule has 2 aromatic rings. The number of aromatic amines is 1. The number of H-pyrrole nitrogens is 1. The van der Waals surface area contributed by atoms with Crippen molar-refractivity contribution in [2.45, 2.75) is 25.3 Å². The molecule has 20 heavy (non-hydrogen) atoms. The summed E-state index contributed by atoms with van der Waals surface area (Å²) in [6, 6.07) is 5.52. The number of benzene rings is 1. The van der Waals surface area contributed by atoms with Gasteiger partial charge in [-0.1, -0.05) is 0 Å². The summed E-state index contributed by atoms with van der Waals surface area (Å²) in [7, 11) is 0. The summed E-state index contributed by atoms with van der Waals surface area (Å²) in [5.41, 5.74) is 7.78. The first-order valence-electron chi connectivity index (χ1n) is 6.84. The fraction of sp³-hybridized carbons (Fsp3) is 0.400. The minimum absolute atomic E-state index is 0.0505. The summed E-state index contributed by atoms with van der Waals surface area (Å²) in [5, 5.41) is 4.03. The summed E-state index contributed by atoms with van der Waals surface area (Å²) in [5.74, 6) is -0.0505. The van der Waals surface area contributed by atoms with Gasteiger partial charge in [-0.2, -0.15) is 0 Å². The number of aromatic nitrogens is 1. The number of fused-ring (bicyclic) bond motifs is 1. The van der Waals surface area contributed by atoms with Crippen molar-refractivity contribution in [3.63, 3.8) is 0 Å². The van der Waals surface area contributed by atoms with Gasteiger partial charge in [0.25, 0.3) is 5.91 Å². The number of amides is 1. The fourth-order valence-corrected chi connectivity index (χ4v) is 2.62. The zero-order chi connectivity index (χ0) is 14.2. The lowest BCUT2D eigenvalue weighted by Gasteiger charge is -2.34. The molecular formula is C15H19N3O2. The molecular weight excluding hydrogens is 254 g/mol. The van der Waals surface area contributed by atoms with Crippen LogP contribution in [-0.4, -0.2) is 29.6 Å². The Morgan fingerprint density at radius 2 is 2.15 bits per heavy atom. The number of ether oxygens (including phenoxy) is 1. The lowest BCUT2D eigenvalue weighted by atomic mass is 9.92. The Morgan fingerprint density at radius 1 is 1.40 bits per heavy atom. The topological polar surface area (TPSA) is 80.1 Å². The maximum Gasteiger partial charge on any atom is 0.253 e. The van der Waals surface area contributed by atoms with Crippen molar-refractivity contribution in [3.8, 4) is 0 Å². The van der Waals surface area contributed by atoms with Gasteiger partial charge in [-0.25, -0.2) is 0 Å². The third-order valence-electron chi connectivity index (χ3n) is 3.96. The number of hydrogen-bond acceptors (Lipinski definition) is 3. The first kappa shape index (κ1) is 13.0. The lowest BCUT2D eigenvalue weighted by Crippen LogP contribution is -2.49. The van der Waals surface area contributed by atoms with Crippen LogP contribution in [-0.2, 0) is 4.74 Å². The molecule has 106 valence electrons. The number of nitrogens with one attached hydrogen (secondary N) is 2. The summed E-state index contributed by atoms with van der Waals surface area (Å²) in [6.07, 6.45) is 3.42. The Labute approximate surface area is 117 Å². The van der Waals surface area contributed by atoms with Crippen molar-refractivity contribution in [2.75, 3.05) is 18.9 Å². The number of carbonyl (C=O) groups excluding carboxylic acids is 1. The number of anilines is 1. The Hall–Kier alpha value is -2.01. The highest BCUT2D eigenvalue weighted by Crippen LogP contribution is 2.24. The lowest BCUT2D eigenvalue weighted by molar-refractivity contribution is 0.0423. The summed E-state index contributed by atoms with van der Waals surface area (Å²) in [6.45, 7) is 3.46. The van der Waals surface area contributed by atoms with Gasteiger partial charge in [0, 0.05) is 41.5 Å². The minimum Gasteiger partial charge on any atom is -0.399 e. The van der Waals surface area contributed by atoms with E-state index < -0.39 is 0 Å². The largest absolute Gasteiger partial charge is 0.399 e. The van der Waals surface area contributed by atoms with Gasteiger partial charge >= 0.3 is 0 Å². The van der Waals surface area contributed by atoms with Gasteiger partial charge < -0.3 is 20.8 Å². The first-order valence-corrected chi connectivity index (χ1v) is 6.84. The number of carbonyl (C=O) groups is 1. The number of nitrogens with two attached hydrogens (primary N) is 1. The maximum absolute atomic E-state index is 12.5. The molecule has 1 aliphatic rings. The van der Waals surface area contributed by atoms with Crippen LogP contribution in [0.1, 0.15) is 30.1 Å². The van der Waals surface area contributed by atoms with Crippen LogP contribution in [0.25, 0.3) is 10.9 Å². The second kappa shape index (κ2) is 4.83. The molecule has 4 N–H and O–H groups in total. The highest BCUT2D eigenvalue weighted by molar-refractivity contribution is 6.07. The molecule has 1 aromatic carbocycles. The normalized spacial score (nSPS) is 18.1. The van der Waals surface area contributed by atoms with Crippen molar-refractivity contribution in [1.82, 2.24) is 10.3 Å². The molecule has 0 spiro atoms. The summed E-state index contributed by atoms with van der Waals surface area (Å²) >= 11 is 0. The fourth-order valence-electron chi connectivity index (χ4n) is 2.62. The van der Waals surface area contributed by atoms with Crippen molar-refractivity contribution in [1.29, 1.82) is 0 Å². The zero-order valence-electron chi connectivity index (χ0n) is 11.5. The van der Waals surface area contributed by atoms with E-state index in [1.54, 1.807) is 6.20 Å². The Bertz CT molecular complexity index is 642. The molecule has 0 bridgehead atoms. The second-order valence-electron chi connectivity index (χ2n) is 5.63. The molecule has 1 saturated heterocycles. The van der Waals surface area contributed by atoms with Crippen LogP contribution in [0, 0.1) is 0 Å². The van der Waals surface area contributed by atoms with Crippen molar-refractivity contribution < 1.29 is 9.53 Å². The molecule has 5 heteroatoms. The van der Waals surface area contributed by atoms with E-state index in [1.807, 2.05) is 18.2 Å². The smallest absolute Gasteiger partial charge is 0.253 e. The van der Waals surface area contributed by atoms with Gasteiger partial charge in [0.1, 0.15) is 0 Å². The van der Waals surface area contributed by atoms with Crippen LogP contribution in [0.2, 0.25) is 0 Å². The van der Waals surface area contributed by atoms with Crippen LogP contribution in [0.5, 0.6) is 0 Å². The van der Waals surface area contributed by atoms with Gasteiger partial charge in [0.15, 0.2) is 0 Å². The average Bonchev–Trinajstić information content (AvgIpc) is 2.81. The molecule has 1 aliphatic heterocycles. The minimum atomic E-state index is -0.188. The molecule has 1 fully saturated rings. The van der Waals surface area contributed by atoms with Crippen molar-refractivity contribution in [3.05, 3.63) is 30.0 Å². The molecule has 5 nitrogen and oxygen atoms in total. The van der Waals surface area contributed by atoms with Crippen molar-refractivity contribution in [2.24, 2.45) is 0 Å². The van der Waals surface area contributed by atoms with Crippen LogP contribution < -0.4 is 11.1 Å². The van der Waals surface area contributed by atoms with Crippen LogP contribution in [0.15, 0.2) is 24.4 Å². The molecule has 3 rings (SSSR count). The van der Waals surface area contributed by atoms with Gasteiger partial charge in [-0.05, 0) is 38.0 Å². The van der Waals surface area contributed by atoms with Gasteiger partial charge in [-0.3, -0.25) is 4.79 Å². The molecule has 1 aromatic heterocycles. The summed E-state index contributed by atoms with van der Waals surface area (Å²) in [4.78, 5) is 15.6. The van der Waals surface area contributed by atoms with E-state index in [0.717, 1.165) is 23.7 Å². The highest BCUT2D eigenvalue weighted by atomic mass is 16.5.